The Morgan fingerprint density at radius 1 is 1.03 bits per heavy atom. The zero-order chi connectivity index (χ0) is 22.8. The topological polar surface area (TPSA) is 67.6 Å². The zero-order valence-electron chi connectivity index (χ0n) is 19.3. The van der Waals surface area contributed by atoms with E-state index in [-0.39, 0.29) is 35.1 Å². The molecule has 2 saturated heterocycles. The minimum absolute atomic E-state index is 0.0269. The van der Waals surface area contributed by atoms with Gasteiger partial charge in [-0.1, -0.05) is 37.3 Å². The molecular weight excluding hydrogens is 404 g/mol. The van der Waals surface area contributed by atoms with Crippen LogP contribution in [0.15, 0.2) is 46.0 Å². The van der Waals surface area contributed by atoms with E-state index in [0.717, 1.165) is 36.7 Å². The number of hydrogen-bond donors (Lipinski definition) is 0. The number of nitrogens with zero attached hydrogens (tertiary/aromatic N) is 4. The normalized spacial score (nSPS) is 31.7. The monoisotopic (exact) mass is 436 g/mol. The van der Waals surface area contributed by atoms with Crippen molar-refractivity contribution < 1.29 is 4.79 Å². The van der Waals surface area contributed by atoms with Crippen LogP contribution < -0.4 is 11.2 Å². The van der Waals surface area contributed by atoms with E-state index < -0.39 is 11.2 Å². The highest BCUT2D eigenvalue weighted by Crippen LogP contribution is 2.56. The lowest BCUT2D eigenvalue weighted by Crippen LogP contribution is -2.59. The number of rotatable bonds is 3. The van der Waals surface area contributed by atoms with E-state index in [0.29, 0.717) is 6.04 Å². The molecule has 2 aliphatic heterocycles. The van der Waals surface area contributed by atoms with Gasteiger partial charge >= 0.3 is 5.69 Å². The van der Waals surface area contributed by atoms with Crippen molar-refractivity contribution in [1.29, 1.82) is 0 Å². The number of aromatic nitrogens is 2. The molecule has 7 nitrogen and oxygen atoms in total. The Bertz CT molecular complexity index is 1170. The Labute approximate surface area is 188 Å². The van der Waals surface area contributed by atoms with Crippen molar-refractivity contribution >= 4 is 5.91 Å². The predicted octanol–water partition coefficient (Wildman–Crippen LogP) is 1.78. The predicted molar refractivity (Wildman–Crippen MR) is 123 cm³/mol. The molecule has 2 aromatic rings. The molecule has 1 aromatic carbocycles. The average Bonchev–Trinajstić information content (AvgIpc) is 3.09. The van der Waals surface area contributed by atoms with E-state index >= 15 is 0 Å². The maximum absolute atomic E-state index is 14.0. The maximum Gasteiger partial charge on any atom is 0.331 e. The van der Waals surface area contributed by atoms with Crippen molar-refractivity contribution in [2.45, 2.75) is 63.2 Å². The first-order valence-corrected chi connectivity index (χ1v) is 11.6. The van der Waals surface area contributed by atoms with Crippen molar-refractivity contribution in [1.82, 2.24) is 18.9 Å². The number of carbonyl (C=O) groups excluding carboxylic acids is 1. The van der Waals surface area contributed by atoms with Gasteiger partial charge in [-0.05, 0) is 44.7 Å². The van der Waals surface area contributed by atoms with Crippen LogP contribution in [0.5, 0.6) is 0 Å². The number of piperidine rings is 1. The molecule has 3 fully saturated rings. The van der Waals surface area contributed by atoms with Crippen LogP contribution in [-0.4, -0.2) is 56.1 Å². The van der Waals surface area contributed by atoms with Gasteiger partial charge in [0.2, 0.25) is 0 Å². The summed E-state index contributed by atoms with van der Waals surface area (Å²) in [7, 11) is 5.24. The molecule has 2 bridgehead atoms. The summed E-state index contributed by atoms with van der Waals surface area (Å²) in [5.74, 6) is -0.185. The summed E-state index contributed by atoms with van der Waals surface area (Å²) in [4.78, 5) is 43.4. The fraction of sp³-hybridized carbons (Fsp3) is 0.560. The molecule has 5 rings (SSSR count). The number of amides is 1. The largest absolute Gasteiger partial charge is 0.331 e. The van der Waals surface area contributed by atoms with Gasteiger partial charge in [0.1, 0.15) is 5.69 Å². The average molecular weight is 437 g/mol. The zero-order valence-corrected chi connectivity index (χ0v) is 19.3. The van der Waals surface area contributed by atoms with Gasteiger partial charge in [-0.3, -0.25) is 23.6 Å². The Morgan fingerprint density at radius 3 is 2.44 bits per heavy atom. The fourth-order valence-corrected chi connectivity index (χ4v) is 6.89. The molecule has 3 heterocycles. The first kappa shape index (κ1) is 21.2. The van der Waals surface area contributed by atoms with Crippen LogP contribution in [0, 0.1) is 5.41 Å². The van der Waals surface area contributed by atoms with Gasteiger partial charge in [0, 0.05) is 49.7 Å². The first-order valence-electron chi connectivity index (χ1n) is 11.6. The third-order valence-electron chi connectivity index (χ3n) is 8.55. The standard InChI is InChI=1S/C25H32N4O3/c1-25-15-19-17(13-16-9-6-5-7-10-16)26(2)20(25)11-8-12-21(25)29(19)23(31)18-14-22(30)28(4)24(32)27(18)3/h5-7,9-10,14,17,19-21H,8,11-13,15H2,1-4H3/t17-,19-,20+,21-,25+/m0/s1. The SMILES string of the molecule is CN1[C@@H](Cc2ccccc2)[C@@H]2C[C@@]3(C)[C@H](CCC[C@@H]13)N2C(=O)c1cc(=O)n(C)c(=O)n1C. The number of fused-ring (bicyclic) bond motifs is 1. The van der Waals surface area contributed by atoms with Crippen molar-refractivity contribution in [3.63, 3.8) is 0 Å². The molecule has 1 amide bonds. The summed E-state index contributed by atoms with van der Waals surface area (Å²) < 4.78 is 2.37. The molecular formula is C25H32N4O3. The lowest BCUT2D eigenvalue weighted by atomic mass is 9.64. The highest BCUT2D eigenvalue weighted by Gasteiger charge is 2.63. The molecule has 3 aliphatic rings. The van der Waals surface area contributed by atoms with Gasteiger partial charge in [-0.15, -0.1) is 0 Å². The van der Waals surface area contributed by atoms with Crippen molar-refractivity contribution in [3.8, 4) is 0 Å². The summed E-state index contributed by atoms with van der Waals surface area (Å²) in [6, 6.07) is 12.6. The quantitative estimate of drug-likeness (QED) is 0.736. The second kappa shape index (κ2) is 7.44. The summed E-state index contributed by atoms with van der Waals surface area (Å²) >= 11 is 0. The van der Waals surface area contributed by atoms with Gasteiger partial charge in [0.05, 0.1) is 0 Å². The highest BCUT2D eigenvalue weighted by molar-refractivity contribution is 5.93. The van der Waals surface area contributed by atoms with Gasteiger partial charge in [0.15, 0.2) is 0 Å². The molecule has 0 radical (unpaired) electrons. The fourth-order valence-electron chi connectivity index (χ4n) is 6.89. The van der Waals surface area contributed by atoms with E-state index in [2.05, 4.69) is 48.0 Å². The van der Waals surface area contributed by atoms with Crippen LogP contribution in [0.1, 0.15) is 48.7 Å². The van der Waals surface area contributed by atoms with Crippen LogP contribution in [0.25, 0.3) is 0 Å². The molecule has 32 heavy (non-hydrogen) atoms. The number of carbonyl (C=O) groups is 1. The molecule has 0 N–H and O–H groups in total. The lowest BCUT2D eigenvalue weighted by Gasteiger charge is -2.51. The van der Waals surface area contributed by atoms with Crippen LogP contribution in [0.4, 0.5) is 0 Å². The summed E-state index contributed by atoms with van der Waals surface area (Å²) in [6.45, 7) is 2.33. The van der Waals surface area contributed by atoms with Crippen molar-refractivity contribution in [2.75, 3.05) is 7.05 Å². The third-order valence-corrected chi connectivity index (χ3v) is 8.55. The molecule has 0 unspecified atom stereocenters. The first-order chi connectivity index (χ1) is 15.2. The van der Waals surface area contributed by atoms with E-state index in [9.17, 15) is 14.4 Å². The van der Waals surface area contributed by atoms with Crippen molar-refractivity contribution in [2.24, 2.45) is 19.5 Å². The lowest BCUT2D eigenvalue weighted by molar-refractivity contribution is -0.00398. The summed E-state index contributed by atoms with van der Waals surface area (Å²) in [5.41, 5.74) is 0.581. The molecule has 5 atom stereocenters. The Hall–Kier alpha value is -2.67. The smallest absolute Gasteiger partial charge is 0.329 e. The second-order valence-corrected chi connectivity index (χ2v) is 10.1. The van der Waals surface area contributed by atoms with Gasteiger partial charge in [-0.2, -0.15) is 0 Å². The van der Waals surface area contributed by atoms with Crippen LogP contribution in [0.3, 0.4) is 0 Å². The maximum atomic E-state index is 14.0. The Balaban J connectivity index is 1.60. The summed E-state index contributed by atoms with van der Waals surface area (Å²) in [5, 5.41) is 0. The third kappa shape index (κ3) is 2.94. The number of benzene rings is 1. The minimum atomic E-state index is -0.464. The van der Waals surface area contributed by atoms with E-state index in [1.54, 1.807) is 7.05 Å². The molecule has 0 spiro atoms. The van der Waals surface area contributed by atoms with E-state index in [1.165, 1.54) is 23.2 Å². The number of likely N-dealkylation sites (N-methyl/N-ethyl adjacent to an activating group) is 1. The Morgan fingerprint density at radius 2 is 1.72 bits per heavy atom. The molecule has 170 valence electrons. The van der Waals surface area contributed by atoms with Gasteiger partial charge in [0.25, 0.3) is 11.5 Å². The van der Waals surface area contributed by atoms with Gasteiger partial charge in [-0.25, -0.2) is 4.79 Å². The summed E-state index contributed by atoms with van der Waals surface area (Å²) in [6.07, 6.45) is 5.04. The molecule has 1 aromatic heterocycles. The second-order valence-electron chi connectivity index (χ2n) is 10.1. The molecule has 1 aliphatic carbocycles. The van der Waals surface area contributed by atoms with Crippen molar-refractivity contribution in [3.05, 3.63) is 68.5 Å². The van der Waals surface area contributed by atoms with Crippen LogP contribution in [0.2, 0.25) is 0 Å². The Kier molecular flexibility index (Phi) is 4.93. The van der Waals surface area contributed by atoms with E-state index in [4.69, 9.17) is 0 Å². The van der Waals surface area contributed by atoms with Crippen LogP contribution >= 0.6 is 0 Å². The molecule has 1 saturated carbocycles. The van der Waals surface area contributed by atoms with Gasteiger partial charge < -0.3 is 4.90 Å². The van der Waals surface area contributed by atoms with Crippen LogP contribution in [-0.2, 0) is 20.5 Å². The number of likely N-dealkylation sites (tertiary alicyclic amines) is 2. The van der Waals surface area contributed by atoms with E-state index in [1.807, 2.05) is 6.07 Å². The highest BCUT2D eigenvalue weighted by atomic mass is 16.2. The minimum Gasteiger partial charge on any atom is -0.329 e. The number of hydrogen-bond acceptors (Lipinski definition) is 4. The molecule has 7 heteroatoms.